The Morgan fingerprint density at radius 1 is 0.971 bits per heavy atom. The zero-order valence-electron chi connectivity index (χ0n) is 19.1. The predicted molar refractivity (Wildman–Crippen MR) is 128 cm³/mol. The lowest BCUT2D eigenvalue weighted by atomic mass is 9.94. The number of Topliss-reactive ketones (excluding diaryl/α,β-unsaturated/α-hetero) is 1. The van der Waals surface area contributed by atoms with Crippen LogP contribution in [0.15, 0.2) is 78.4 Å². The van der Waals surface area contributed by atoms with Gasteiger partial charge >= 0.3 is 5.97 Å². The Morgan fingerprint density at radius 2 is 1.66 bits per heavy atom. The first-order valence-electron chi connectivity index (χ1n) is 10.9. The number of benzene rings is 3. The highest BCUT2D eigenvalue weighted by molar-refractivity contribution is 6.51. The zero-order valence-corrected chi connectivity index (χ0v) is 19.1. The number of hydrogen-bond donors (Lipinski definition) is 2. The Balaban J connectivity index is 1.89. The van der Waals surface area contributed by atoms with E-state index in [2.05, 4.69) is 0 Å². The molecular weight excluding hydrogens is 450 g/mol. The Bertz CT molecular complexity index is 1310. The highest BCUT2D eigenvalue weighted by atomic mass is 16.5. The molecule has 1 amide bonds. The molecule has 2 N–H and O–H groups in total. The smallest absolute Gasteiger partial charge is 0.338 e. The highest BCUT2D eigenvalue weighted by Gasteiger charge is 2.47. The highest BCUT2D eigenvalue weighted by Crippen LogP contribution is 2.44. The molecule has 1 heterocycles. The Kier molecular flexibility index (Phi) is 6.55. The number of carbonyl (C=O) groups is 3. The van der Waals surface area contributed by atoms with Crippen LogP contribution in [-0.2, 0) is 14.3 Å². The predicted octanol–water partition coefficient (Wildman–Crippen LogP) is 4.20. The van der Waals surface area contributed by atoms with Crippen molar-refractivity contribution < 1.29 is 34.1 Å². The van der Waals surface area contributed by atoms with E-state index in [1.807, 2.05) is 0 Å². The molecule has 0 saturated carbocycles. The van der Waals surface area contributed by atoms with Gasteiger partial charge in [0.15, 0.2) is 11.5 Å². The molecule has 1 fully saturated rings. The molecule has 1 atom stereocenters. The van der Waals surface area contributed by atoms with Crippen LogP contribution in [0.25, 0.3) is 5.76 Å². The van der Waals surface area contributed by atoms with Crippen molar-refractivity contribution in [1.29, 1.82) is 0 Å². The molecule has 0 bridgehead atoms. The Morgan fingerprint density at radius 3 is 2.29 bits per heavy atom. The van der Waals surface area contributed by atoms with Gasteiger partial charge in [0.25, 0.3) is 11.7 Å². The fourth-order valence-electron chi connectivity index (χ4n) is 4.00. The van der Waals surface area contributed by atoms with E-state index in [0.717, 1.165) is 0 Å². The number of rotatable bonds is 6. The van der Waals surface area contributed by atoms with Crippen LogP contribution in [0.2, 0.25) is 0 Å². The molecule has 4 rings (SSSR count). The van der Waals surface area contributed by atoms with Gasteiger partial charge in [-0.15, -0.1) is 0 Å². The molecule has 8 heteroatoms. The number of nitrogens with zero attached hydrogens (tertiary/aromatic N) is 1. The van der Waals surface area contributed by atoms with Crippen LogP contribution in [-0.4, -0.2) is 41.6 Å². The quantitative estimate of drug-likeness (QED) is 0.239. The number of ether oxygens (including phenoxy) is 2. The van der Waals surface area contributed by atoms with E-state index in [4.69, 9.17) is 9.47 Å². The molecule has 1 aliphatic heterocycles. The normalized spacial score (nSPS) is 16.9. The molecule has 178 valence electrons. The van der Waals surface area contributed by atoms with Crippen LogP contribution < -0.4 is 9.64 Å². The first-order valence-corrected chi connectivity index (χ1v) is 10.9. The van der Waals surface area contributed by atoms with Crippen molar-refractivity contribution in [3.8, 4) is 11.5 Å². The van der Waals surface area contributed by atoms with E-state index in [0.29, 0.717) is 22.4 Å². The Hall–Kier alpha value is -4.59. The molecule has 1 unspecified atom stereocenters. The molecule has 0 radical (unpaired) electrons. The lowest BCUT2D eigenvalue weighted by Crippen LogP contribution is -2.29. The number of hydrogen-bond acceptors (Lipinski definition) is 7. The second-order valence-electron chi connectivity index (χ2n) is 7.73. The molecular formula is C27H23NO7. The summed E-state index contributed by atoms with van der Waals surface area (Å²) in [7, 11) is 1.38. The number of anilines is 1. The fourth-order valence-corrected chi connectivity index (χ4v) is 4.00. The minimum Gasteiger partial charge on any atom is -0.507 e. The molecule has 35 heavy (non-hydrogen) atoms. The van der Waals surface area contributed by atoms with Crippen molar-refractivity contribution in [2.45, 2.75) is 13.0 Å². The van der Waals surface area contributed by atoms with E-state index >= 15 is 0 Å². The van der Waals surface area contributed by atoms with Gasteiger partial charge in [0.2, 0.25) is 0 Å². The number of phenolic OH excluding ortho intramolecular Hbond substituents is 1. The van der Waals surface area contributed by atoms with Crippen LogP contribution in [0, 0.1) is 0 Å². The fraction of sp³-hybridized carbons (Fsp3) is 0.148. The summed E-state index contributed by atoms with van der Waals surface area (Å²) in [6.07, 6.45) is 0. The number of phenols is 1. The molecule has 0 spiro atoms. The maximum absolute atomic E-state index is 13.2. The topological polar surface area (TPSA) is 113 Å². The maximum Gasteiger partial charge on any atom is 0.338 e. The number of aliphatic hydroxyl groups is 1. The summed E-state index contributed by atoms with van der Waals surface area (Å²) < 4.78 is 10.2. The average molecular weight is 473 g/mol. The minimum absolute atomic E-state index is 0.108. The lowest BCUT2D eigenvalue weighted by molar-refractivity contribution is -0.132. The monoisotopic (exact) mass is 473 g/mol. The number of aliphatic hydroxyl groups excluding tert-OH is 1. The SMILES string of the molecule is CCOC(=O)c1ccc(N2C(=O)C(=O)/C(=C(/O)c3ccccc3)C2c2ccc(O)c(OC)c2)cc1. The number of esters is 1. The van der Waals surface area contributed by atoms with Crippen LogP contribution in [0.4, 0.5) is 5.69 Å². The summed E-state index contributed by atoms with van der Waals surface area (Å²) in [6.45, 7) is 1.92. The van der Waals surface area contributed by atoms with Gasteiger partial charge in [0, 0.05) is 11.3 Å². The van der Waals surface area contributed by atoms with Gasteiger partial charge in [-0.2, -0.15) is 0 Å². The van der Waals surface area contributed by atoms with Crippen LogP contribution in [0.5, 0.6) is 11.5 Å². The average Bonchev–Trinajstić information content (AvgIpc) is 3.15. The van der Waals surface area contributed by atoms with Gasteiger partial charge in [0.05, 0.1) is 30.9 Å². The molecule has 8 nitrogen and oxygen atoms in total. The summed E-state index contributed by atoms with van der Waals surface area (Å²) in [6, 6.07) is 17.9. The van der Waals surface area contributed by atoms with E-state index < -0.39 is 23.7 Å². The van der Waals surface area contributed by atoms with E-state index in [-0.39, 0.29) is 29.4 Å². The third-order valence-electron chi connectivity index (χ3n) is 5.67. The number of ketones is 1. The van der Waals surface area contributed by atoms with Gasteiger partial charge in [0.1, 0.15) is 5.76 Å². The standard InChI is InChI=1S/C27H23NO7/c1-3-35-27(33)17-9-12-19(13-10-17)28-23(18-11-14-20(29)21(15-18)34-2)22(25(31)26(28)32)24(30)16-7-5-4-6-8-16/h4-15,23,29-30H,3H2,1-2H3/b24-22+. The van der Waals surface area contributed by atoms with E-state index in [1.165, 1.54) is 48.4 Å². The van der Waals surface area contributed by atoms with Gasteiger partial charge in [-0.1, -0.05) is 36.4 Å². The molecule has 1 saturated heterocycles. The molecule has 0 aromatic heterocycles. The summed E-state index contributed by atoms with van der Waals surface area (Å²) in [5.41, 5.74) is 1.33. The number of carbonyl (C=O) groups excluding carboxylic acids is 3. The van der Waals surface area contributed by atoms with Crippen molar-refractivity contribution in [2.24, 2.45) is 0 Å². The number of aromatic hydroxyl groups is 1. The zero-order chi connectivity index (χ0) is 25.1. The largest absolute Gasteiger partial charge is 0.507 e. The van der Waals surface area contributed by atoms with Crippen LogP contribution >= 0.6 is 0 Å². The summed E-state index contributed by atoms with van der Waals surface area (Å²) in [4.78, 5) is 39.7. The van der Waals surface area contributed by atoms with Gasteiger partial charge in [-0.05, 0) is 48.9 Å². The van der Waals surface area contributed by atoms with Gasteiger partial charge in [-0.3, -0.25) is 14.5 Å². The van der Waals surface area contributed by atoms with E-state index in [9.17, 15) is 24.6 Å². The van der Waals surface area contributed by atoms with E-state index in [1.54, 1.807) is 43.3 Å². The maximum atomic E-state index is 13.2. The van der Waals surface area contributed by atoms with Crippen molar-refractivity contribution in [1.82, 2.24) is 0 Å². The third-order valence-corrected chi connectivity index (χ3v) is 5.67. The molecule has 1 aliphatic rings. The number of methoxy groups -OCH3 is 1. The molecule has 3 aromatic rings. The molecule has 3 aromatic carbocycles. The summed E-state index contributed by atoms with van der Waals surface area (Å²) in [5, 5.41) is 21.2. The van der Waals surface area contributed by atoms with Crippen LogP contribution in [0.3, 0.4) is 0 Å². The second kappa shape index (κ2) is 9.72. The van der Waals surface area contributed by atoms with Crippen LogP contribution in [0.1, 0.15) is 34.5 Å². The second-order valence-corrected chi connectivity index (χ2v) is 7.73. The first-order chi connectivity index (χ1) is 16.9. The summed E-state index contributed by atoms with van der Waals surface area (Å²) >= 11 is 0. The van der Waals surface area contributed by atoms with Crippen molar-refractivity contribution in [2.75, 3.05) is 18.6 Å². The van der Waals surface area contributed by atoms with Crippen molar-refractivity contribution >= 4 is 29.1 Å². The lowest BCUT2D eigenvalue weighted by Gasteiger charge is -2.26. The van der Waals surface area contributed by atoms with Crippen molar-refractivity contribution in [3.63, 3.8) is 0 Å². The Labute approximate surface area is 201 Å². The number of amides is 1. The third kappa shape index (κ3) is 4.33. The first kappa shape index (κ1) is 23.6. The van der Waals surface area contributed by atoms with Crippen molar-refractivity contribution in [3.05, 3.63) is 95.1 Å². The van der Waals surface area contributed by atoms with Gasteiger partial charge in [-0.25, -0.2) is 4.79 Å². The van der Waals surface area contributed by atoms with Gasteiger partial charge < -0.3 is 19.7 Å². The minimum atomic E-state index is -1.02. The summed E-state index contributed by atoms with van der Waals surface area (Å²) in [5.74, 6) is -2.52. The molecule has 0 aliphatic carbocycles.